The number of nitrogens with zero attached hydrogens (tertiary/aromatic N) is 1. The number of carbonyl (C=O) groups is 1. The van der Waals surface area contributed by atoms with Gasteiger partial charge in [-0.25, -0.2) is 0 Å². The lowest BCUT2D eigenvalue weighted by Crippen LogP contribution is -2.41. The normalized spacial score (nSPS) is 17.7. The molecule has 0 heterocycles. The second-order valence-electron chi connectivity index (χ2n) is 6.61. The van der Waals surface area contributed by atoms with Gasteiger partial charge in [-0.3, -0.25) is 4.79 Å². The maximum atomic E-state index is 12.6. The van der Waals surface area contributed by atoms with Crippen LogP contribution in [0, 0.1) is 5.41 Å². The van der Waals surface area contributed by atoms with E-state index in [0.29, 0.717) is 19.5 Å². The molecule has 1 saturated carbocycles. The number of hydrogen-bond donors (Lipinski definition) is 2. The van der Waals surface area contributed by atoms with Crippen molar-refractivity contribution in [3.05, 3.63) is 0 Å². The third-order valence-corrected chi connectivity index (χ3v) is 4.88. The van der Waals surface area contributed by atoms with Gasteiger partial charge in [-0.1, -0.05) is 45.4 Å². The molecule has 0 spiro atoms. The van der Waals surface area contributed by atoms with E-state index < -0.39 is 0 Å². The monoisotopic (exact) mass is 298 g/mol. The third-order valence-electron chi connectivity index (χ3n) is 4.88. The van der Waals surface area contributed by atoms with Gasteiger partial charge in [0.25, 0.3) is 0 Å². The summed E-state index contributed by atoms with van der Waals surface area (Å²) in [7, 11) is 0. The van der Waals surface area contributed by atoms with Crippen LogP contribution in [0.5, 0.6) is 0 Å². The van der Waals surface area contributed by atoms with Crippen LogP contribution in [-0.4, -0.2) is 42.2 Å². The van der Waals surface area contributed by atoms with Crippen LogP contribution >= 0.6 is 0 Å². The summed E-state index contributed by atoms with van der Waals surface area (Å²) in [5.74, 6) is 0.188. The second kappa shape index (κ2) is 10.2. The van der Waals surface area contributed by atoms with E-state index in [0.717, 1.165) is 32.2 Å². The van der Waals surface area contributed by atoms with Crippen molar-refractivity contribution in [3.63, 3.8) is 0 Å². The Hall–Kier alpha value is -0.610. The minimum Gasteiger partial charge on any atom is -0.395 e. The van der Waals surface area contributed by atoms with Crippen LogP contribution in [0.25, 0.3) is 0 Å². The minimum atomic E-state index is 0.0203. The molecule has 0 unspecified atom stereocenters. The van der Waals surface area contributed by atoms with E-state index in [9.17, 15) is 9.90 Å². The van der Waals surface area contributed by atoms with Gasteiger partial charge >= 0.3 is 0 Å². The fraction of sp³-hybridized carbons (Fsp3) is 0.941. The molecule has 0 saturated heterocycles. The number of nitrogens with two attached hydrogens (primary N) is 1. The number of amides is 1. The number of aliphatic hydroxyl groups is 1. The first-order valence-electron chi connectivity index (χ1n) is 8.76. The molecule has 0 atom stereocenters. The standard InChI is InChI=1S/C17H34N2O2/c1-2-3-4-8-11-19(12-13-20)16(21)14-17(15-18)9-6-5-7-10-17/h20H,2-15,18H2,1H3. The van der Waals surface area contributed by atoms with Gasteiger partial charge in [0.2, 0.25) is 5.91 Å². The molecule has 1 fully saturated rings. The molecule has 0 bridgehead atoms. The Bertz CT molecular complexity index is 289. The number of hydrogen-bond acceptors (Lipinski definition) is 3. The molecule has 1 aliphatic carbocycles. The highest BCUT2D eigenvalue weighted by Crippen LogP contribution is 2.38. The average Bonchev–Trinajstić information content (AvgIpc) is 2.51. The maximum Gasteiger partial charge on any atom is 0.223 e. The van der Waals surface area contributed by atoms with Crippen molar-refractivity contribution in [3.8, 4) is 0 Å². The highest BCUT2D eigenvalue weighted by atomic mass is 16.3. The van der Waals surface area contributed by atoms with Crippen LogP contribution in [-0.2, 0) is 4.79 Å². The molecule has 3 N–H and O–H groups in total. The van der Waals surface area contributed by atoms with E-state index in [1.807, 2.05) is 4.90 Å². The van der Waals surface area contributed by atoms with Crippen LogP contribution in [0.1, 0.15) is 71.1 Å². The van der Waals surface area contributed by atoms with Crippen LogP contribution in [0.4, 0.5) is 0 Å². The van der Waals surface area contributed by atoms with Crippen molar-refractivity contribution < 1.29 is 9.90 Å². The fourth-order valence-corrected chi connectivity index (χ4v) is 3.40. The van der Waals surface area contributed by atoms with Crippen molar-refractivity contribution in [1.29, 1.82) is 0 Å². The Morgan fingerprint density at radius 1 is 1.14 bits per heavy atom. The summed E-state index contributed by atoms with van der Waals surface area (Å²) in [4.78, 5) is 14.4. The van der Waals surface area contributed by atoms with Gasteiger partial charge in [-0.15, -0.1) is 0 Å². The van der Waals surface area contributed by atoms with Gasteiger partial charge < -0.3 is 15.7 Å². The summed E-state index contributed by atoms with van der Waals surface area (Å²) in [6.07, 6.45) is 11.0. The zero-order valence-electron chi connectivity index (χ0n) is 13.8. The molecule has 0 aromatic carbocycles. The van der Waals surface area contributed by atoms with Gasteiger partial charge in [0, 0.05) is 19.5 Å². The molecular formula is C17H34N2O2. The molecule has 0 aliphatic heterocycles. The molecular weight excluding hydrogens is 264 g/mol. The smallest absolute Gasteiger partial charge is 0.223 e. The molecule has 4 nitrogen and oxygen atoms in total. The largest absolute Gasteiger partial charge is 0.395 e. The summed E-state index contributed by atoms with van der Waals surface area (Å²) in [5, 5.41) is 9.20. The Morgan fingerprint density at radius 2 is 1.86 bits per heavy atom. The van der Waals surface area contributed by atoms with Crippen molar-refractivity contribution >= 4 is 5.91 Å². The molecule has 4 heteroatoms. The van der Waals surface area contributed by atoms with Crippen molar-refractivity contribution in [2.75, 3.05) is 26.2 Å². The summed E-state index contributed by atoms with van der Waals surface area (Å²) in [6.45, 7) is 4.09. The molecule has 0 aromatic rings. The summed E-state index contributed by atoms with van der Waals surface area (Å²) >= 11 is 0. The van der Waals surface area contributed by atoms with E-state index in [2.05, 4.69) is 6.92 Å². The van der Waals surface area contributed by atoms with Crippen molar-refractivity contribution in [2.24, 2.45) is 11.1 Å². The molecule has 1 aliphatic rings. The lowest BCUT2D eigenvalue weighted by atomic mass is 9.71. The van der Waals surface area contributed by atoms with Gasteiger partial charge in [0.05, 0.1) is 6.61 Å². The zero-order chi connectivity index (χ0) is 15.6. The summed E-state index contributed by atoms with van der Waals surface area (Å²) < 4.78 is 0. The van der Waals surface area contributed by atoms with E-state index in [1.54, 1.807) is 0 Å². The summed E-state index contributed by atoms with van der Waals surface area (Å²) in [6, 6.07) is 0. The lowest BCUT2D eigenvalue weighted by molar-refractivity contribution is -0.134. The summed E-state index contributed by atoms with van der Waals surface area (Å²) in [5.41, 5.74) is 6.00. The van der Waals surface area contributed by atoms with Gasteiger partial charge in [-0.05, 0) is 31.2 Å². The first-order chi connectivity index (χ1) is 10.2. The van der Waals surface area contributed by atoms with Gasteiger partial charge in [0.15, 0.2) is 0 Å². The zero-order valence-corrected chi connectivity index (χ0v) is 13.8. The molecule has 124 valence electrons. The molecule has 0 radical (unpaired) electrons. The van der Waals surface area contributed by atoms with Crippen LogP contribution in [0.3, 0.4) is 0 Å². The van der Waals surface area contributed by atoms with Crippen LogP contribution in [0.15, 0.2) is 0 Å². The average molecular weight is 298 g/mol. The van der Waals surface area contributed by atoms with E-state index in [-0.39, 0.29) is 17.9 Å². The van der Waals surface area contributed by atoms with E-state index in [1.165, 1.54) is 32.1 Å². The Morgan fingerprint density at radius 3 is 2.43 bits per heavy atom. The number of aliphatic hydroxyl groups excluding tert-OH is 1. The highest BCUT2D eigenvalue weighted by molar-refractivity contribution is 5.77. The predicted molar refractivity (Wildman–Crippen MR) is 87.0 cm³/mol. The van der Waals surface area contributed by atoms with E-state index >= 15 is 0 Å². The van der Waals surface area contributed by atoms with Gasteiger partial charge in [-0.2, -0.15) is 0 Å². The maximum absolute atomic E-state index is 12.6. The lowest BCUT2D eigenvalue weighted by Gasteiger charge is -2.37. The third kappa shape index (κ3) is 6.35. The first-order valence-corrected chi connectivity index (χ1v) is 8.76. The van der Waals surface area contributed by atoms with E-state index in [4.69, 9.17) is 5.73 Å². The molecule has 21 heavy (non-hydrogen) atoms. The minimum absolute atomic E-state index is 0.0203. The number of unbranched alkanes of at least 4 members (excludes halogenated alkanes) is 3. The van der Waals surface area contributed by atoms with Crippen molar-refractivity contribution in [2.45, 2.75) is 71.1 Å². The molecule has 0 aromatic heterocycles. The van der Waals surface area contributed by atoms with Crippen molar-refractivity contribution in [1.82, 2.24) is 4.90 Å². The SMILES string of the molecule is CCCCCCN(CCO)C(=O)CC1(CN)CCCCC1. The first kappa shape index (κ1) is 18.4. The topological polar surface area (TPSA) is 66.6 Å². The quantitative estimate of drug-likeness (QED) is 0.609. The highest BCUT2D eigenvalue weighted by Gasteiger charge is 2.34. The Labute approximate surface area is 130 Å². The van der Waals surface area contributed by atoms with Crippen LogP contribution < -0.4 is 5.73 Å². The van der Waals surface area contributed by atoms with Crippen LogP contribution in [0.2, 0.25) is 0 Å². The predicted octanol–water partition coefficient (Wildman–Crippen LogP) is 2.69. The fourth-order valence-electron chi connectivity index (χ4n) is 3.40. The Balaban J connectivity index is 2.49. The number of rotatable bonds is 10. The number of carbonyl (C=O) groups excluding carboxylic acids is 1. The van der Waals surface area contributed by atoms with Gasteiger partial charge in [0.1, 0.15) is 0 Å². The molecule has 1 amide bonds. The Kier molecular flexibility index (Phi) is 8.93. The molecule has 1 rings (SSSR count). The second-order valence-corrected chi connectivity index (χ2v) is 6.61.